The Morgan fingerprint density at radius 1 is 1.29 bits per heavy atom. The molecule has 0 aromatic heterocycles. The van der Waals surface area contributed by atoms with Crippen molar-refractivity contribution in [3.63, 3.8) is 0 Å². The van der Waals surface area contributed by atoms with Crippen LogP contribution in [0.15, 0.2) is 24.3 Å². The second-order valence-electron chi connectivity index (χ2n) is 4.46. The Bertz CT molecular complexity index is 297. The van der Waals surface area contributed by atoms with E-state index in [2.05, 4.69) is 0 Å². The lowest BCUT2D eigenvalue weighted by molar-refractivity contribution is 0.130. The van der Waals surface area contributed by atoms with Gasteiger partial charge in [0.1, 0.15) is 11.4 Å². The van der Waals surface area contributed by atoms with E-state index in [1.54, 1.807) is 6.92 Å². The summed E-state index contributed by atoms with van der Waals surface area (Å²) >= 11 is 0. The van der Waals surface area contributed by atoms with Gasteiger partial charge in [-0.15, -0.1) is 0 Å². The van der Waals surface area contributed by atoms with Gasteiger partial charge in [0.25, 0.3) is 0 Å². The van der Waals surface area contributed by atoms with Crippen molar-refractivity contribution in [2.45, 2.75) is 39.4 Å². The Kier molecular flexibility index (Phi) is 3.17. The summed E-state index contributed by atoms with van der Waals surface area (Å²) < 4.78 is 5.68. The molecule has 1 aromatic rings. The normalized spacial score (nSPS) is 13.8. The van der Waals surface area contributed by atoms with Crippen LogP contribution in [0.1, 0.15) is 39.4 Å². The summed E-state index contributed by atoms with van der Waals surface area (Å²) in [6, 6.07) is 7.55. The first kappa shape index (κ1) is 11.1. The summed E-state index contributed by atoms with van der Waals surface area (Å²) in [7, 11) is 0. The molecule has 1 rings (SSSR count). The third kappa shape index (κ3) is 3.38. The summed E-state index contributed by atoms with van der Waals surface area (Å²) in [5.41, 5.74) is 0.684. The van der Waals surface area contributed by atoms with Crippen LogP contribution < -0.4 is 4.74 Å². The summed E-state index contributed by atoms with van der Waals surface area (Å²) in [6.07, 6.45) is -0.446. The van der Waals surface area contributed by atoms with Crippen molar-refractivity contribution in [3.8, 4) is 5.75 Å². The minimum absolute atomic E-state index is 0.197. The summed E-state index contributed by atoms with van der Waals surface area (Å²) in [5.74, 6) is 0.802. The van der Waals surface area contributed by atoms with Crippen LogP contribution in [0.3, 0.4) is 0 Å². The molecule has 2 heteroatoms. The zero-order chi connectivity index (χ0) is 10.8. The molecule has 0 aliphatic heterocycles. The molecule has 0 saturated carbocycles. The Hall–Kier alpha value is -1.02. The fourth-order valence-corrected chi connectivity index (χ4v) is 1.19. The van der Waals surface area contributed by atoms with Crippen LogP contribution in [0.4, 0.5) is 0 Å². The second-order valence-corrected chi connectivity index (χ2v) is 4.46. The fourth-order valence-electron chi connectivity index (χ4n) is 1.19. The molecule has 1 unspecified atom stereocenters. The number of benzene rings is 1. The molecule has 2 nitrogen and oxygen atoms in total. The van der Waals surface area contributed by atoms with Crippen molar-refractivity contribution in [3.05, 3.63) is 29.8 Å². The van der Waals surface area contributed by atoms with Crippen molar-refractivity contribution < 1.29 is 9.84 Å². The van der Waals surface area contributed by atoms with Gasteiger partial charge in [-0.05, 0) is 45.4 Å². The standard InChI is InChI=1S/C12H18O2/c1-9(13)10-6-5-7-11(8-10)14-12(2,3)4/h5-9,13H,1-4H3. The molecule has 0 radical (unpaired) electrons. The third-order valence-electron chi connectivity index (χ3n) is 1.76. The number of ether oxygens (including phenoxy) is 1. The predicted molar refractivity (Wildman–Crippen MR) is 57.5 cm³/mol. The lowest BCUT2D eigenvalue weighted by atomic mass is 10.1. The molecule has 0 saturated heterocycles. The summed E-state index contributed by atoms with van der Waals surface area (Å²) in [6.45, 7) is 7.75. The van der Waals surface area contributed by atoms with E-state index in [0.29, 0.717) is 0 Å². The third-order valence-corrected chi connectivity index (χ3v) is 1.76. The van der Waals surface area contributed by atoms with E-state index in [9.17, 15) is 5.11 Å². The van der Waals surface area contributed by atoms with Gasteiger partial charge >= 0.3 is 0 Å². The van der Waals surface area contributed by atoms with Crippen LogP contribution in [-0.2, 0) is 0 Å². The molecule has 0 heterocycles. The maximum absolute atomic E-state index is 9.39. The molecule has 0 bridgehead atoms. The first-order chi connectivity index (χ1) is 6.38. The quantitative estimate of drug-likeness (QED) is 0.784. The molecule has 1 N–H and O–H groups in total. The highest BCUT2D eigenvalue weighted by molar-refractivity contribution is 5.30. The van der Waals surface area contributed by atoms with Gasteiger partial charge in [0.05, 0.1) is 6.10 Å². The predicted octanol–water partition coefficient (Wildman–Crippen LogP) is 2.92. The average Bonchev–Trinajstić information content (AvgIpc) is 2.01. The second kappa shape index (κ2) is 4.01. The van der Waals surface area contributed by atoms with Gasteiger partial charge in [-0.1, -0.05) is 12.1 Å². The average molecular weight is 194 g/mol. The SMILES string of the molecule is CC(O)c1cccc(OC(C)(C)C)c1. The minimum Gasteiger partial charge on any atom is -0.488 e. The van der Waals surface area contributed by atoms with Crippen LogP contribution in [0.25, 0.3) is 0 Å². The summed E-state index contributed by atoms with van der Waals surface area (Å²) in [4.78, 5) is 0. The highest BCUT2D eigenvalue weighted by Gasteiger charge is 2.12. The van der Waals surface area contributed by atoms with Gasteiger partial charge in [0, 0.05) is 0 Å². The Balaban J connectivity index is 2.84. The highest BCUT2D eigenvalue weighted by atomic mass is 16.5. The van der Waals surface area contributed by atoms with Gasteiger partial charge < -0.3 is 9.84 Å². The van der Waals surface area contributed by atoms with Crippen molar-refractivity contribution in [2.75, 3.05) is 0 Å². The zero-order valence-corrected chi connectivity index (χ0v) is 9.24. The van der Waals surface area contributed by atoms with Gasteiger partial charge in [-0.2, -0.15) is 0 Å². The summed E-state index contributed by atoms with van der Waals surface area (Å²) in [5, 5.41) is 9.39. The van der Waals surface area contributed by atoms with Crippen molar-refractivity contribution in [2.24, 2.45) is 0 Å². The van der Waals surface area contributed by atoms with Crippen LogP contribution in [-0.4, -0.2) is 10.7 Å². The van der Waals surface area contributed by atoms with Crippen molar-refractivity contribution >= 4 is 0 Å². The van der Waals surface area contributed by atoms with E-state index in [0.717, 1.165) is 11.3 Å². The molecule has 1 aromatic carbocycles. The molecule has 0 fully saturated rings. The van der Waals surface area contributed by atoms with Crippen LogP contribution in [0, 0.1) is 0 Å². The van der Waals surface area contributed by atoms with E-state index >= 15 is 0 Å². The number of hydrogen-bond acceptors (Lipinski definition) is 2. The Morgan fingerprint density at radius 3 is 2.43 bits per heavy atom. The van der Waals surface area contributed by atoms with Gasteiger partial charge in [-0.25, -0.2) is 0 Å². The lowest BCUT2D eigenvalue weighted by Gasteiger charge is -2.21. The molecule has 0 amide bonds. The zero-order valence-electron chi connectivity index (χ0n) is 9.24. The maximum Gasteiger partial charge on any atom is 0.120 e. The molecular formula is C12H18O2. The maximum atomic E-state index is 9.39. The number of rotatable bonds is 2. The van der Waals surface area contributed by atoms with E-state index in [-0.39, 0.29) is 5.60 Å². The molecule has 1 atom stereocenters. The van der Waals surface area contributed by atoms with E-state index in [1.165, 1.54) is 0 Å². The van der Waals surface area contributed by atoms with Crippen LogP contribution in [0.2, 0.25) is 0 Å². The molecule has 0 aliphatic carbocycles. The molecule has 0 aliphatic rings. The first-order valence-corrected chi connectivity index (χ1v) is 4.85. The minimum atomic E-state index is -0.446. The molecular weight excluding hydrogens is 176 g/mol. The Morgan fingerprint density at radius 2 is 1.93 bits per heavy atom. The van der Waals surface area contributed by atoms with Crippen LogP contribution >= 0.6 is 0 Å². The molecule has 78 valence electrons. The van der Waals surface area contributed by atoms with Crippen molar-refractivity contribution in [1.82, 2.24) is 0 Å². The lowest BCUT2D eigenvalue weighted by Crippen LogP contribution is -2.22. The Labute approximate surface area is 85.5 Å². The van der Waals surface area contributed by atoms with E-state index in [1.807, 2.05) is 45.0 Å². The van der Waals surface area contributed by atoms with Gasteiger partial charge in [-0.3, -0.25) is 0 Å². The van der Waals surface area contributed by atoms with Crippen LogP contribution in [0.5, 0.6) is 5.75 Å². The monoisotopic (exact) mass is 194 g/mol. The number of aliphatic hydroxyl groups is 1. The van der Waals surface area contributed by atoms with Gasteiger partial charge in [0.15, 0.2) is 0 Å². The highest BCUT2D eigenvalue weighted by Crippen LogP contribution is 2.22. The molecule has 0 spiro atoms. The number of hydrogen-bond donors (Lipinski definition) is 1. The largest absolute Gasteiger partial charge is 0.488 e. The molecule has 14 heavy (non-hydrogen) atoms. The van der Waals surface area contributed by atoms with Gasteiger partial charge in [0.2, 0.25) is 0 Å². The fraction of sp³-hybridized carbons (Fsp3) is 0.500. The number of aliphatic hydroxyl groups excluding tert-OH is 1. The first-order valence-electron chi connectivity index (χ1n) is 4.85. The smallest absolute Gasteiger partial charge is 0.120 e. The van der Waals surface area contributed by atoms with Crippen molar-refractivity contribution in [1.29, 1.82) is 0 Å². The van der Waals surface area contributed by atoms with E-state index < -0.39 is 6.10 Å². The topological polar surface area (TPSA) is 29.5 Å². The van der Waals surface area contributed by atoms with E-state index in [4.69, 9.17) is 4.74 Å².